The van der Waals surface area contributed by atoms with Gasteiger partial charge < -0.3 is 11.1 Å². The number of aromatic nitrogens is 3. The summed E-state index contributed by atoms with van der Waals surface area (Å²) in [4.78, 5) is 24.9. The smallest absolute Gasteiger partial charge is 0.324 e. The van der Waals surface area contributed by atoms with Crippen molar-refractivity contribution in [2.45, 2.75) is 45.3 Å². The first kappa shape index (κ1) is 14.4. The molecule has 1 fully saturated rings. The molecule has 0 spiro atoms. The Hall–Kier alpha value is -1.96. The molecule has 0 saturated carbocycles. The Kier molecular flexibility index (Phi) is 3.76. The van der Waals surface area contributed by atoms with Crippen LogP contribution in [0.5, 0.6) is 0 Å². The van der Waals surface area contributed by atoms with Crippen molar-refractivity contribution in [2.24, 2.45) is 5.73 Å². The fraction of sp³-hybridized carbons (Fsp3) is 0.667. The van der Waals surface area contributed by atoms with Crippen molar-refractivity contribution in [1.29, 1.82) is 0 Å². The molecule has 0 aromatic carbocycles. The number of urea groups is 1. The number of nitrogens with zero attached hydrogens (tertiary/aromatic N) is 4. The summed E-state index contributed by atoms with van der Waals surface area (Å²) in [6, 6.07) is -0.509. The molecule has 1 unspecified atom stereocenters. The summed E-state index contributed by atoms with van der Waals surface area (Å²) in [5.74, 6) is -0.229. The van der Waals surface area contributed by atoms with Gasteiger partial charge in [-0.15, -0.1) is 5.10 Å². The van der Waals surface area contributed by atoms with Gasteiger partial charge in [-0.3, -0.25) is 14.4 Å². The standard InChI is InChI=1S/C12H20N6O2/c1-4-8(13)9-7-17(16-15-9)5-6-18-10(19)12(2,3)14-11(18)20/h7-8H,4-6,13H2,1-3H3,(H,14,20). The number of nitrogens with two attached hydrogens (primary N) is 1. The molecule has 3 amide bonds. The molecule has 110 valence electrons. The van der Waals surface area contributed by atoms with Gasteiger partial charge in [0.1, 0.15) is 5.54 Å². The number of carbonyl (C=O) groups excluding carboxylic acids is 2. The summed E-state index contributed by atoms with van der Waals surface area (Å²) in [5, 5.41) is 10.6. The van der Waals surface area contributed by atoms with Crippen LogP contribution in [0.3, 0.4) is 0 Å². The summed E-state index contributed by atoms with van der Waals surface area (Å²) in [5.41, 5.74) is 5.74. The molecule has 1 saturated heterocycles. The molecule has 1 atom stereocenters. The first-order valence-electron chi connectivity index (χ1n) is 6.65. The number of carbonyl (C=O) groups is 2. The number of hydrogen-bond donors (Lipinski definition) is 2. The van der Waals surface area contributed by atoms with Crippen LogP contribution < -0.4 is 11.1 Å². The third-order valence-corrected chi connectivity index (χ3v) is 3.37. The van der Waals surface area contributed by atoms with Gasteiger partial charge in [0.2, 0.25) is 0 Å². The molecule has 8 nitrogen and oxygen atoms in total. The molecule has 1 aliphatic heterocycles. The Morgan fingerprint density at radius 2 is 2.10 bits per heavy atom. The summed E-state index contributed by atoms with van der Waals surface area (Å²) in [6.45, 7) is 6.00. The van der Waals surface area contributed by atoms with E-state index in [-0.39, 0.29) is 24.5 Å². The highest BCUT2D eigenvalue weighted by Crippen LogP contribution is 2.16. The van der Waals surface area contributed by atoms with Crippen LogP contribution in [0.2, 0.25) is 0 Å². The molecule has 0 aliphatic carbocycles. The average Bonchev–Trinajstić information content (AvgIpc) is 2.92. The molecule has 2 rings (SSSR count). The zero-order chi connectivity index (χ0) is 14.9. The minimum atomic E-state index is -0.838. The zero-order valence-corrected chi connectivity index (χ0v) is 12.0. The van der Waals surface area contributed by atoms with Crippen LogP contribution in [-0.2, 0) is 11.3 Å². The molecule has 1 aromatic rings. The Balaban J connectivity index is 1.97. The molecule has 8 heteroatoms. The first-order chi connectivity index (χ1) is 9.35. The number of nitrogens with one attached hydrogen (secondary N) is 1. The molecule has 20 heavy (non-hydrogen) atoms. The van der Waals surface area contributed by atoms with Crippen molar-refractivity contribution in [3.63, 3.8) is 0 Å². The van der Waals surface area contributed by atoms with Crippen LogP contribution in [0.4, 0.5) is 4.79 Å². The molecular formula is C12H20N6O2. The molecule has 1 aliphatic rings. The van der Waals surface area contributed by atoms with Crippen molar-refractivity contribution in [3.8, 4) is 0 Å². The maximum Gasteiger partial charge on any atom is 0.325 e. The highest BCUT2D eigenvalue weighted by molar-refractivity contribution is 6.06. The Labute approximate surface area is 117 Å². The molecule has 2 heterocycles. The van der Waals surface area contributed by atoms with Gasteiger partial charge in [0.05, 0.1) is 31.0 Å². The van der Waals surface area contributed by atoms with Gasteiger partial charge in [-0.1, -0.05) is 12.1 Å². The van der Waals surface area contributed by atoms with Gasteiger partial charge in [0.25, 0.3) is 5.91 Å². The summed E-state index contributed by atoms with van der Waals surface area (Å²) in [7, 11) is 0. The van der Waals surface area contributed by atoms with Gasteiger partial charge >= 0.3 is 6.03 Å². The van der Waals surface area contributed by atoms with Crippen LogP contribution in [0.15, 0.2) is 6.20 Å². The van der Waals surface area contributed by atoms with E-state index in [1.165, 1.54) is 4.90 Å². The van der Waals surface area contributed by atoms with E-state index in [9.17, 15) is 9.59 Å². The van der Waals surface area contributed by atoms with E-state index in [1.807, 2.05) is 6.92 Å². The first-order valence-corrected chi connectivity index (χ1v) is 6.65. The summed E-state index contributed by atoms with van der Waals surface area (Å²) < 4.78 is 1.59. The number of hydrogen-bond acceptors (Lipinski definition) is 5. The summed E-state index contributed by atoms with van der Waals surface area (Å²) >= 11 is 0. The fourth-order valence-electron chi connectivity index (χ4n) is 2.03. The highest BCUT2D eigenvalue weighted by Gasteiger charge is 2.43. The SMILES string of the molecule is CCC(N)c1cn(CCN2C(=O)NC(C)(C)C2=O)nn1. The van der Waals surface area contributed by atoms with E-state index in [0.29, 0.717) is 12.2 Å². The van der Waals surface area contributed by atoms with Crippen molar-refractivity contribution in [1.82, 2.24) is 25.2 Å². The Bertz CT molecular complexity index is 524. The highest BCUT2D eigenvalue weighted by atomic mass is 16.2. The van der Waals surface area contributed by atoms with Crippen molar-refractivity contribution in [3.05, 3.63) is 11.9 Å². The second-order valence-corrected chi connectivity index (χ2v) is 5.43. The quantitative estimate of drug-likeness (QED) is 0.739. The topological polar surface area (TPSA) is 106 Å². The lowest BCUT2D eigenvalue weighted by atomic mass is 10.1. The van der Waals surface area contributed by atoms with Gasteiger partial charge in [-0.25, -0.2) is 4.79 Å². The van der Waals surface area contributed by atoms with Crippen LogP contribution in [-0.4, -0.2) is 43.9 Å². The third-order valence-electron chi connectivity index (χ3n) is 3.37. The third kappa shape index (κ3) is 2.64. The minimum Gasteiger partial charge on any atom is -0.324 e. The Morgan fingerprint density at radius 1 is 1.40 bits per heavy atom. The Morgan fingerprint density at radius 3 is 2.65 bits per heavy atom. The van der Waals surface area contributed by atoms with E-state index < -0.39 is 5.54 Å². The van der Waals surface area contributed by atoms with Gasteiger partial charge in [-0.2, -0.15) is 0 Å². The zero-order valence-electron chi connectivity index (χ0n) is 12.0. The molecular weight excluding hydrogens is 260 g/mol. The second kappa shape index (κ2) is 5.20. The second-order valence-electron chi connectivity index (χ2n) is 5.43. The predicted octanol–water partition coefficient (Wildman–Crippen LogP) is 0.0183. The van der Waals surface area contributed by atoms with Crippen LogP contribution in [0, 0.1) is 0 Å². The van der Waals surface area contributed by atoms with Gasteiger partial charge in [0, 0.05) is 0 Å². The lowest BCUT2D eigenvalue weighted by Gasteiger charge is -2.15. The van der Waals surface area contributed by atoms with Crippen molar-refractivity contribution < 1.29 is 9.59 Å². The monoisotopic (exact) mass is 280 g/mol. The molecule has 0 bridgehead atoms. The van der Waals surface area contributed by atoms with Crippen molar-refractivity contribution >= 4 is 11.9 Å². The maximum absolute atomic E-state index is 12.0. The van der Waals surface area contributed by atoms with Crippen LogP contribution >= 0.6 is 0 Å². The maximum atomic E-state index is 12.0. The average molecular weight is 280 g/mol. The van der Waals surface area contributed by atoms with E-state index in [2.05, 4.69) is 15.6 Å². The van der Waals surface area contributed by atoms with E-state index >= 15 is 0 Å². The molecule has 0 radical (unpaired) electrons. The summed E-state index contributed by atoms with van der Waals surface area (Å²) in [6.07, 6.45) is 2.53. The molecule has 1 aromatic heterocycles. The molecule has 3 N–H and O–H groups in total. The predicted molar refractivity (Wildman–Crippen MR) is 71.6 cm³/mol. The lowest BCUT2D eigenvalue weighted by Crippen LogP contribution is -2.40. The van der Waals surface area contributed by atoms with E-state index in [1.54, 1.807) is 24.7 Å². The normalized spacial score (nSPS) is 19.3. The van der Waals surface area contributed by atoms with Gasteiger partial charge in [-0.05, 0) is 20.3 Å². The lowest BCUT2D eigenvalue weighted by molar-refractivity contribution is -0.130. The van der Waals surface area contributed by atoms with E-state index in [4.69, 9.17) is 5.73 Å². The van der Waals surface area contributed by atoms with E-state index in [0.717, 1.165) is 6.42 Å². The van der Waals surface area contributed by atoms with Crippen LogP contribution in [0.25, 0.3) is 0 Å². The number of imide groups is 1. The minimum absolute atomic E-state index is 0.139. The number of amides is 3. The largest absolute Gasteiger partial charge is 0.325 e. The van der Waals surface area contributed by atoms with Crippen LogP contribution in [0.1, 0.15) is 38.9 Å². The number of rotatable bonds is 5. The van der Waals surface area contributed by atoms with Gasteiger partial charge in [0.15, 0.2) is 0 Å². The fourth-order valence-corrected chi connectivity index (χ4v) is 2.03. The van der Waals surface area contributed by atoms with Crippen molar-refractivity contribution in [2.75, 3.05) is 6.54 Å².